The Morgan fingerprint density at radius 3 is 2.52 bits per heavy atom. The van der Waals surface area contributed by atoms with Crippen molar-refractivity contribution >= 4 is 5.96 Å². The van der Waals surface area contributed by atoms with Gasteiger partial charge in [-0.15, -0.1) is 0 Å². The van der Waals surface area contributed by atoms with Crippen molar-refractivity contribution in [3.05, 3.63) is 35.9 Å². The quantitative estimate of drug-likeness (QED) is 0.569. The van der Waals surface area contributed by atoms with Gasteiger partial charge in [0.1, 0.15) is 0 Å². The van der Waals surface area contributed by atoms with E-state index in [9.17, 15) is 5.11 Å². The maximum atomic E-state index is 10.3. The zero-order valence-corrected chi connectivity index (χ0v) is 16.8. The molecule has 1 aliphatic carbocycles. The molecule has 4 unspecified atom stereocenters. The molecule has 2 fully saturated rings. The maximum Gasteiger partial charge on any atom is 0.194 e. The largest absolute Gasteiger partial charge is 0.389 e. The van der Waals surface area contributed by atoms with Gasteiger partial charge in [0.25, 0.3) is 0 Å². The van der Waals surface area contributed by atoms with Crippen molar-refractivity contribution in [1.29, 1.82) is 0 Å². The van der Waals surface area contributed by atoms with Crippen LogP contribution in [0.2, 0.25) is 0 Å². The van der Waals surface area contributed by atoms with Crippen molar-refractivity contribution in [1.82, 2.24) is 10.2 Å². The van der Waals surface area contributed by atoms with Crippen molar-refractivity contribution in [2.45, 2.75) is 51.7 Å². The van der Waals surface area contributed by atoms with Crippen LogP contribution in [0.15, 0.2) is 35.3 Å². The second kappa shape index (κ2) is 10.1. The molecule has 0 bridgehead atoms. The summed E-state index contributed by atoms with van der Waals surface area (Å²) >= 11 is 0. The van der Waals surface area contributed by atoms with E-state index in [4.69, 9.17) is 9.73 Å². The molecule has 2 N–H and O–H groups in total. The molecule has 1 aromatic carbocycles. The predicted octanol–water partition coefficient (Wildman–Crippen LogP) is 3.21. The number of aliphatic imine (C=N–C) groups is 1. The van der Waals surface area contributed by atoms with Gasteiger partial charge >= 0.3 is 0 Å². The lowest BCUT2D eigenvalue weighted by atomic mass is 9.82. The van der Waals surface area contributed by atoms with Gasteiger partial charge in [-0.1, -0.05) is 43.2 Å². The van der Waals surface area contributed by atoms with Crippen LogP contribution < -0.4 is 5.32 Å². The van der Waals surface area contributed by atoms with Crippen molar-refractivity contribution in [3.63, 3.8) is 0 Å². The fraction of sp³-hybridized carbons (Fsp3) is 0.682. The number of ether oxygens (including phenoxy) is 1. The highest BCUT2D eigenvalue weighted by Crippen LogP contribution is 2.35. The van der Waals surface area contributed by atoms with Gasteiger partial charge in [-0.25, -0.2) is 0 Å². The van der Waals surface area contributed by atoms with Crippen molar-refractivity contribution in [2.24, 2.45) is 16.8 Å². The van der Waals surface area contributed by atoms with E-state index in [-0.39, 0.29) is 6.10 Å². The Kier molecular flexibility index (Phi) is 7.53. The molecule has 150 valence electrons. The lowest BCUT2D eigenvalue weighted by Gasteiger charge is -2.22. The summed E-state index contributed by atoms with van der Waals surface area (Å²) in [5, 5.41) is 13.7. The smallest absolute Gasteiger partial charge is 0.194 e. The molecule has 2 aliphatic rings. The van der Waals surface area contributed by atoms with E-state index in [1.54, 1.807) is 0 Å². The monoisotopic (exact) mass is 373 g/mol. The summed E-state index contributed by atoms with van der Waals surface area (Å²) in [6.07, 6.45) is 4.84. The molecule has 4 atom stereocenters. The standard InChI is InChI=1S/C22H35N3O2/c1-3-23-22(25-14-19-11-7-8-12-20(19)15-25)24-13-21(26)16-27-17(2)18-9-5-4-6-10-18/h4-6,9-10,17,19-21,26H,3,7-8,11-16H2,1-2H3,(H,23,24). The molecule has 5 nitrogen and oxygen atoms in total. The second-order valence-electron chi connectivity index (χ2n) is 7.94. The molecule has 0 amide bonds. The minimum absolute atomic E-state index is 0.0280. The third-order valence-corrected chi connectivity index (χ3v) is 5.87. The highest BCUT2D eigenvalue weighted by Gasteiger charge is 2.35. The first-order valence-corrected chi connectivity index (χ1v) is 10.5. The molecule has 5 heteroatoms. The lowest BCUT2D eigenvalue weighted by Crippen LogP contribution is -2.41. The number of hydrogen-bond donors (Lipinski definition) is 2. The minimum atomic E-state index is -0.588. The molecule has 3 rings (SSSR count). The molecule has 1 aliphatic heterocycles. The van der Waals surface area contributed by atoms with Crippen LogP contribution in [0.1, 0.15) is 51.2 Å². The Morgan fingerprint density at radius 2 is 1.89 bits per heavy atom. The van der Waals surface area contributed by atoms with Gasteiger partial charge < -0.3 is 20.1 Å². The SMILES string of the molecule is CCNC(=NCC(O)COC(C)c1ccccc1)N1CC2CCCCC2C1. The Balaban J connectivity index is 1.49. The van der Waals surface area contributed by atoms with Crippen LogP contribution in [0.5, 0.6) is 0 Å². The summed E-state index contributed by atoms with van der Waals surface area (Å²) < 4.78 is 5.83. The highest BCUT2D eigenvalue weighted by atomic mass is 16.5. The van der Waals surface area contributed by atoms with E-state index in [0.29, 0.717) is 13.2 Å². The molecule has 27 heavy (non-hydrogen) atoms. The fourth-order valence-electron chi connectivity index (χ4n) is 4.32. The molecular formula is C22H35N3O2. The number of likely N-dealkylation sites (tertiary alicyclic amines) is 1. The van der Waals surface area contributed by atoms with Crippen molar-refractivity contribution in [2.75, 3.05) is 32.8 Å². The zero-order chi connectivity index (χ0) is 19.1. The van der Waals surface area contributed by atoms with Gasteiger partial charge in [0, 0.05) is 19.6 Å². The number of nitrogens with one attached hydrogen (secondary N) is 1. The van der Waals surface area contributed by atoms with Crippen molar-refractivity contribution < 1.29 is 9.84 Å². The normalized spacial score (nSPS) is 25.1. The number of hydrogen-bond acceptors (Lipinski definition) is 3. The number of aliphatic hydroxyl groups is 1. The Labute approximate surface area is 163 Å². The van der Waals surface area contributed by atoms with Crippen LogP contribution in [0, 0.1) is 11.8 Å². The summed E-state index contributed by atoms with van der Waals surface area (Å²) in [7, 11) is 0. The van der Waals surface area contributed by atoms with E-state index < -0.39 is 6.10 Å². The number of fused-ring (bicyclic) bond motifs is 1. The van der Waals surface area contributed by atoms with Crippen LogP contribution in [-0.2, 0) is 4.74 Å². The van der Waals surface area contributed by atoms with E-state index in [1.807, 2.05) is 37.3 Å². The zero-order valence-electron chi connectivity index (χ0n) is 16.8. The summed E-state index contributed by atoms with van der Waals surface area (Å²) in [5.74, 6) is 2.59. The summed E-state index contributed by atoms with van der Waals surface area (Å²) in [6, 6.07) is 10.1. The Bertz CT molecular complexity index is 578. The number of benzene rings is 1. The van der Waals surface area contributed by atoms with E-state index in [2.05, 4.69) is 17.1 Å². The first kappa shape index (κ1) is 20.2. The summed E-state index contributed by atoms with van der Waals surface area (Å²) in [5.41, 5.74) is 1.13. The number of nitrogens with zero attached hydrogens (tertiary/aromatic N) is 2. The molecule has 1 heterocycles. The molecule has 0 spiro atoms. The highest BCUT2D eigenvalue weighted by molar-refractivity contribution is 5.80. The van der Waals surface area contributed by atoms with Crippen LogP contribution in [0.4, 0.5) is 0 Å². The van der Waals surface area contributed by atoms with E-state index in [0.717, 1.165) is 43.0 Å². The number of rotatable bonds is 7. The van der Waals surface area contributed by atoms with Gasteiger partial charge in [0.2, 0.25) is 0 Å². The van der Waals surface area contributed by atoms with Crippen molar-refractivity contribution in [3.8, 4) is 0 Å². The average Bonchev–Trinajstić information content (AvgIpc) is 3.14. The van der Waals surface area contributed by atoms with Gasteiger partial charge in [0.05, 0.1) is 25.4 Å². The first-order chi connectivity index (χ1) is 13.2. The van der Waals surface area contributed by atoms with E-state index in [1.165, 1.54) is 25.7 Å². The number of guanidine groups is 1. The molecule has 0 radical (unpaired) electrons. The summed E-state index contributed by atoms with van der Waals surface area (Å²) in [4.78, 5) is 7.10. The molecule has 1 saturated carbocycles. The van der Waals surface area contributed by atoms with Crippen LogP contribution in [-0.4, -0.2) is 54.9 Å². The molecular weight excluding hydrogens is 338 g/mol. The fourth-order valence-corrected chi connectivity index (χ4v) is 4.32. The molecule has 1 aromatic rings. The van der Waals surface area contributed by atoms with E-state index >= 15 is 0 Å². The minimum Gasteiger partial charge on any atom is -0.389 e. The molecule has 1 saturated heterocycles. The number of aliphatic hydroxyl groups excluding tert-OH is 1. The molecule has 0 aromatic heterocycles. The Hall–Kier alpha value is -1.59. The van der Waals surface area contributed by atoms with Gasteiger partial charge in [-0.05, 0) is 44.1 Å². The first-order valence-electron chi connectivity index (χ1n) is 10.5. The summed E-state index contributed by atoms with van der Waals surface area (Å²) in [6.45, 7) is 7.84. The van der Waals surface area contributed by atoms with Crippen LogP contribution >= 0.6 is 0 Å². The second-order valence-corrected chi connectivity index (χ2v) is 7.94. The lowest BCUT2D eigenvalue weighted by molar-refractivity contribution is 0.00106. The van der Waals surface area contributed by atoms with Gasteiger partial charge in [-0.3, -0.25) is 4.99 Å². The third kappa shape index (κ3) is 5.69. The van der Waals surface area contributed by atoms with Gasteiger partial charge in [-0.2, -0.15) is 0 Å². The average molecular weight is 374 g/mol. The predicted molar refractivity (Wildman–Crippen MR) is 110 cm³/mol. The third-order valence-electron chi connectivity index (χ3n) is 5.87. The van der Waals surface area contributed by atoms with Crippen LogP contribution in [0.25, 0.3) is 0 Å². The van der Waals surface area contributed by atoms with Gasteiger partial charge in [0.15, 0.2) is 5.96 Å². The van der Waals surface area contributed by atoms with Crippen LogP contribution in [0.3, 0.4) is 0 Å². The Morgan fingerprint density at radius 1 is 1.22 bits per heavy atom. The topological polar surface area (TPSA) is 57.1 Å². The maximum absolute atomic E-state index is 10.3.